The van der Waals surface area contributed by atoms with Gasteiger partial charge in [0.1, 0.15) is 5.69 Å². The van der Waals surface area contributed by atoms with Gasteiger partial charge in [-0.25, -0.2) is 0 Å². The number of aliphatic hydroxyl groups is 1. The maximum atomic E-state index is 12.2. The first-order valence-electron chi connectivity index (χ1n) is 6.52. The molecule has 2 N–H and O–H groups in total. The van der Waals surface area contributed by atoms with E-state index in [1.807, 2.05) is 19.1 Å². The van der Waals surface area contributed by atoms with Crippen LogP contribution in [-0.2, 0) is 0 Å². The van der Waals surface area contributed by atoms with Gasteiger partial charge in [0.2, 0.25) is 0 Å². The van der Waals surface area contributed by atoms with Crippen molar-refractivity contribution < 1.29 is 9.90 Å². The highest BCUT2D eigenvalue weighted by molar-refractivity contribution is 5.94. The number of amides is 1. The van der Waals surface area contributed by atoms with Gasteiger partial charge in [-0.2, -0.15) is 0 Å². The van der Waals surface area contributed by atoms with Gasteiger partial charge in [0, 0.05) is 6.20 Å². The summed E-state index contributed by atoms with van der Waals surface area (Å²) >= 11 is 0. The fourth-order valence-corrected chi connectivity index (χ4v) is 2.57. The average Bonchev–Trinajstić information content (AvgIpc) is 2.40. The van der Waals surface area contributed by atoms with Gasteiger partial charge in [-0.05, 0) is 31.4 Å². The highest BCUT2D eigenvalue weighted by Gasteiger charge is 2.33. The summed E-state index contributed by atoms with van der Waals surface area (Å²) in [5.41, 5.74) is 0.869. The Morgan fingerprint density at radius 3 is 2.78 bits per heavy atom. The number of aromatic nitrogens is 1. The highest BCUT2D eigenvalue weighted by atomic mass is 16.3. The monoisotopic (exact) mass is 248 g/mol. The Labute approximate surface area is 107 Å². The fourth-order valence-electron chi connectivity index (χ4n) is 2.57. The number of hydrogen-bond donors (Lipinski definition) is 2. The van der Waals surface area contributed by atoms with Crippen LogP contribution in [0.25, 0.3) is 0 Å². The predicted octanol–water partition coefficient (Wildman–Crippen LogP) is 1.82. The Hall–Kier alpha value is -1.42. The lowest BCUT2D eigenvalue weighted by Crippen LogP contribution is -2.52. The lowest BCUT2D eigenvalue weighted by atomic mass is 9.82. The molecule has 0 atom stereocenters. The van der Waals surface area contributed by atoms with Gasteiger partial charge >= 0.3 is 0 Å². The van der Waals surface area contributed by atoms with Gasteiger partial charge < -0.3 is 10.4 Å². The molecule has 0 unspecified atom stereocenters. The van der Waals surface area contributed by atoms with E-state index in [1.54, 1.807) is 6.20 Å². The van der Waals surface area contributed by atoms with Crippen molar-refractivity contribution in [1.82, 2.24) is 10.3 Å². The lowest BCUT2D eigenvalue weighted by molar-refractivity contribution is 0.0753. The zero-order valence-electron chi connectivity index (χ0n) is 10.8. The SMILES string of the molecule is Cc1cccnc1C(=O)NC1(CO)CCCCC1. The van der Waals surface area contributed by atoms with Crippen LogP contribution in [0.5, 0.6) is 0 Å². The van der Waals surface area contributed by atoms with E-state index in [0.717, 1.165) is 31.2 Å². The Kier molecular flexibility index (Phi) is 3.97. The number of hydrogen-bond acceptors (Lipinski definition) is 3. The molecule has 0 radical (unpaired) electrons. The lowest BCUT2D eigenvalue weighted by Gasteiger charge is -2.36. The molecule has 0 saturated heterocycles. The van der Waals surface area contributed by atoms with Gasteiger partial charge in [0.15, 0.2) is 0 Å². The molecule has 0 aromatic carbocycles. The van der Waals surface area contributed by atoms with Crippen LogP contribution in [0.2, 0.25) is 0 Å². The summed E-state index contributed by atoms with van der Waals surface area (Å²) in [5.74, 6) is -0.177. The molecule has 0 bridgehead atoms. The summed E-state index contributed by atoms with van der Waals surface area (Å²) in [4.78, 5) is 16.3. The van der Waals surface area contributed by atoms with E-state index in [-0.39, 0.29) is 12.5 Å². The van der Waals surface area contributed by atoms with E-state index in [0.29, 0.717) is 5.69 Å². The average molecular weight is 248 g/mol. The largest absolute Gasteiger partial charge is 0.394 e. The number of pyridine rings is 1. The van der Waals surface area contributed by atoms with E-state index in [4.69, 9.17) is 0 Å². The molecule has 1 heterocycles. The van der Waals surface area contributed by atoms with Crippen LogP contribution in [0, 0.1) is 6.92 Å². The summed E-state index contributed by atoms with van der Waals surface area (Å²) in [5, 5.41) is 12.6. The second-order valence-corrected chi connectivity index (χ2v) is 5.12. The molecular formula is C14H20N2O2. The first-order chi connectivity index (χ1) is 8.67. The van der Waals surface area contributed by atoms with Crippen LogP contribution in [0.1, 0.15) is 48.2 Å². The van der Waals surface area contributed by atoms with E-state index < -0.39 is 5.54 Å². The molecule has 1 saturated carbocycles. The molecule has 0 spiro atoms. The minimum absolute atomic E-state index is 0.00458. The van der Waals surface area contributed by atoms with Crippen LogP contribution in [-0.4, -0.2) is 28.1 Å². The van der Waals surface area contributed by atoms with Crippen LogP contribution < -0.4 is 5.32 Å². The van der Waals surface area contributed by atoms with Crippen molar-refractivity contribution in [2.45, 2.75) is 44.6 Å². The van der Waals surface area contributed by atoms with E-state index in [1.165, 1.54) is 6.42 Å². The zero-order chi connectivity index (χ0) is 13.0. The molecule has 1 aromatic heterocycles. The second-order valence-electron chi connectivity index (χ2n) is 5.12. The molecule has 1 aliphatic rings. The number of aryl methyl sites for hydroxylation is 1. The van der Waals surface area contributed by atoms with Crippen LogP contribution >= 0.6 is 0 Å². The summed E-state index contributed by atoms with van der Waals surface area (Å²) in [6.45, 7) is 1.87. The molecule has 1 fully saturated rings. The van der Waals surface area contributed by atoms with Crippen molar-refractivity contribution in [1.29, 1.82) is 0 Å². The molecule has 2 rings (SSSR count). The van der Waals surface area contributed by atoms with E-state index in [9.17, 15) is 9.90 Å². The third-order valence-electron chi connectivity index (χ3n) is 3.72. The number of aliphatic hydroxyl groups excluding tert-OH is 1. The van der Waals surface area contributed by atoms with Crippen LogP contribution in [0.15, 0.2) is 18.3 Å². The molecule has 1 amide bonds. The van der Waals surface area contributed by atoms with Gasteiger partial charge in [-0.1, -0.05) is 25.3 Å². The number of nitrogens with one attached hydrogen (secondary N) is 1. The minimum Gasteiger partial charge on any atom is -0.394 e. The van der Waals surface area contributed by atoms with Crippen molar-refractivity contribution >= 4 is 5.91 Å². The van der Waals surface area contributed by atoms with Crippen molar-refractivity contribution in [2.24, 2.45) is 0 Å². The molecule has 18 heavy (non-hydrogen) atoms. The highest BCUT2D eigenvalue weighted by Crippen LogP contribution is 2.28. The van der Waals surface area contributed by atoms with Crippen molar-refractivity contribution in [2.75, 3.05) is 6.61 Å². The van der Waals surface area contributed by atoms with Crippen molar-refractivity contribution in [3.63, 3.8) is 0 Å². The third-order valence-corrected chi connectivity index (χ3v) is 3.72. The Bertz CT molecular complexity index is 426. The first kappa shape index (κ1) is 13.0. The van der Waals surface area contributed by atoms with E-state index in [2.05, 4.69) is 10.3 Å². The first-order valence-corrected chi connectivity index (χ1v) is 6.52. The molecular weight excluding hydrogens is 228 g/mol. The number of rotatable bonds is 3. The molecule has 98 valence electrons. The van der Waals surface area contributed by atoms with Crippen LogP contribution in [0.3, 0.4) is 0 Å². The Morgan fingerprint density at radius 2 is 2.17 bits per heavy atom. The van der Waals surface area contributed by atoms with Gasteiger partial charge in [0.05, 0.1) is 12.1 Å². The molecule has 4 nitrogen and oxygen atoms in total. The quantitative estimate of drug-likeness (QED) is 0.857. The van der Waals surface area contributed by atoms with E-state index >= 15 is 0 Å². The number of nitrogens with zero attached hydrogens (tertiary/aromatic N) is 1. The number of carbonyl (C=O) groups excluding carboxylic acids is 1. The predicted molar refractivity (Wildman–Crippen MR) is 69.3 cm³/mol. The number of carbonyl (C=O) groups is 1. The van der Waals surface area contributed by atoms with Gasteiger partial charge in [-0.3, -0.25) is 9.78 Å². The van der Waals surface area contributed by atoms with Crippen molar-refractivity contribution in [3.8, 4) is 0 Å². The summed E-state index contributed by atoms with van der Waals surface area (Å²) in [6, 6.07) is 3.68. The fraction of sp³-hybridized carbons (Fsp3) is 0.571. The molecule has 0 aliphatic heterocycles. The Morgan fingerprint density at radius 1 is 1.44 bits per heavy atom. The molecule has 1 aliphatic carbocycles. The summed E-state index contributed by atoms with van der Waals surface area (Å²) < 4.78 is 0. The summed E-state index contributed by atoms with van der Waals surface area (Å²) in [7, 11) is 0. The standard InChI is InChI=1S/C14H20N2O2/c1-11-6-5-9-15-12(11)13(18)16-14(10-17)7-3-2-4-8-14/h5-6,9,17H,2-4,7-8,10H2,1H3,(H,16,18). The molecule has 4 heteroatoms. The second kappa shape index (κ2) is 5.48. The maximum absolute atomic E-state index is 12.2. The van der Waals surface area contributed by atoms with Crippen LogP contribution in [0.4, 0.5) is 0 Å². The normalized spacial score (nSPS) is 18.3. The third kappa shape index (κ3) is 2.70. The zero-order valence-corrected chi connectivity index (χ0v) is 10.8. The topological polar surface area (TPSA) is 62.2 Å². The van der Waals surface area contributed by atoms with Gasteiger partial charge in [-0.15, -0.1) is 0 Å². The smallest absolute Gasteiger partial charge is 0.270 e. The summed E-state index contributed by atoms with van der Waals surface area (Å²) in [6.07, 6.45) is 6.61. The Balaban J connectivity index is 2.13. The van der Waals surface area contributed by atoms with Gasteiger partial charge in [0.25, 0.3) is 5.91 Å². The minimum atomic E-state index is -0.445. The maximum Gasteiger partial charge on any atom is 0.270 e. The molecule has 1 aromatic rings. The van der Waals surface area contributed by atoms with Crippen molar-refractivity contribution in [3.05, 3.63) is 29.6 Å².